The Morgan fingerprint density at radius 1 is 1.62 bits per heavy atom. The van der Waals surface area contributed by atoms with Crippen LogP contribution in [0.1, 0.15) is 25.3 Å². The van der Waals surface area contributed by atoms with Crippen molar-refractivity contribution >= 4 is 11.7 Å². The fourth-order valence-corrected chi connectivity index (χ4v) is 2.09. The zero-order valence-electron chi connectivity index (χ0n) is 12.1. The summed E-state index contributed by atoms with van der Waals surface area (Å²) in [7, 11) is 0. The topological polar surface area (TPSA) is 65.4 Å². The van der Waals surface area contributed by atoms with E-state index in [1.807, 2.05) is 6.92 Å². The normalized spacial score (nSPS) is 13.1. The van der Waals surface area contributed by atoms with Crippen LogP contribution in [0, 0.1) is 11.3 Å². The highest BCUT2D eigenvalue weighted by Gasteiger charge is 2.32. The Bertz CT molecular complexity index is 573. The SMILES string of the molecule is C=CCN(C(=O)Nc1cc(C#N)ccc1OCC)C1CC1. The van der Waals surface area contributed by atoms with Crippen molar-refractivity contribution in [3.63, 3.8) is 0 Å². The summed E-state index contributed by atoms with van der Waals surface area (Å²) in [6.45, 7) is 6.56. The highest BCUT2D eigenvalue weighted by molar-refractivity contribution is 5.91. The van der Waals surface area contributed by atoms with Crippen molar-refractivity contribution in [1.82, 2.24) is 4.90 Å². The number of hydrogen-bond donors (Lipinski definition) is 1. The van der Waals surface area contributed by atoms with Crippen molar-refractivity contribution in [2.75, 3.05) is 18.5 Å². The monoisotopic (exact) mass is 285 g/mol. The first-order chi connectivity index (χ1) is 10.2. The zero-order chi connectivity index (χ0) is 15.2. The average molecular weight is 285 g/mol. The van der Waals surface area contributed by atoms with E-state index in [0.717, 1.165) is 12.8 Å². The first-order valence-electron chi connectivity index (χ1n) is 7.05. The molecule has 0 atom stereocenters. The van der Waals surface area contributed by atoms with E-state index in [1.54, 1.807) is 29.2 Å². The highest BCUT2D eigenvalue weighted by atomic mass is 16.5. The lowest BCUT2D eigenvalue weighted by Crippen LogP contribution is -2.36. The molecule has 1 saturated carbocycles. The van der Waals surface area contributed by atoms with Crippen LogP contribution < -0.4 is 10.1 Å². The Kier molecular flexibility index (Phi) is 4.83. The third-order valence-corrected chi connectivity index (χ3v) is 3.22. The van der Waals surface area contributed by atoms with E-state index in [1.165, 1.54) is 0 Å². The molecular weight excluding hydrogens is 266 g/mol. The molecule has 0 heterocycles. The van der Waals surface area contributed by atoms with Crippen LogP contribution in [0.3, 0.4) is 0 Å². The zero-order valence-corrected chi connectivity index (χ0v) is 12.1. The Morgan fingerprint density at radius 3 is 2.95 bits per heavy atom. The highest BCUT2D eigenvalue weighted by Crippen LogP contribution is 2.30. The van der Waals surface area contributed by atoms with Crippen LogP contribution in [-0.4, -0.2) is 30.1 Å². The van der Waals surface area contributed by atoms with Crippen LogP contribution in [0.15, 0.2) is 30.9 Å². The molecule has 0 saturated heterocycles. The lowest BCUT2D eigenvalue weighted by molar-refractivity contribution is 0.214. The van der Waals surface area contributed by atoms with E-state index in [4.69, 9.17) is 10.00 Å². The van der Waals surface area contributed by atoms with Gasteiger partial charge in [0.2, 0.25) is 0 Å². The van der Waals surface area contributed by atoms with Gasteiger partial charge in [0.05, 0.1) is 23.9 Å². The second kappa shape index (κ2) is 6.80. The quantitative estimate of drug-likeness (QED) is 0.817. The molecule has 1 aromatic rings. The largest absolute Gasteiger partial charge is 0.492 e. The van der Waals surface area contributed by atoms with Gasteiger partial charge in [-0.15, -0.1) is 6.58 Å². The number of rotatable bonds is 6. The number of urea groups is 1. The molecule has 0 radical (unpaired) electrons. The Balaban J connectivity index is 2.18. The number of amides is 2. The number of ether oxygens (including phenoxy) is 1. The average Bonchev–Trinajstić information content (AvgIpc) is 3.31. The van der Waals surface area contributed by atoms with E-state index in [-0.39, 0.29) is 12.1 Å². The molecule has 5 heteroatoms. The lowest BCUT2D eigenvalue weighted by Gasteiger charge is -2.22. The number of nitrogens with one attached hydrogen (secondary N) is 1. The maximum absolute atomic E-state index is 12.4. The van der Waals surface area contributed by atoms with Gasteiger partial charge in [0.1, 0.15) is 5.75 Å². The lowest BCUT2D eigenvalue weighted by atomic mass is 10.2. The van der Waals surface area contributed by atoms with Gasteiger partial charge in [0, 0.05) is 12.6 Å². The summed E-state index contributed by atoms with van der Waals surface area (Å²) >= 11 is 0. The maximum Gasteiger partial charge on any atom is 0.322 e. The minimum Gasteiger partial charge on any atom is -0.492 e. The second-order valence-electron chi connectivity index (χ2n) is 4.86. The number of anilines is 1. The van der Waals surface area contributed by atoms with E-state index in [9.17, 15) is 4.79 Å². The van der Waals surface area contributed by atoms with Gasteiger partial charge in [-0.05, 0) is 38.0 Å². The molecule has 0 aromatic heterocycles. The van der Waals surface area contributed by atoms with Crippen molar-refractivity contribution in [1.29, 1.82) is 5.26 Å². The van der Waals surface area contributed by atoms with Crippen molar-refractivity contribution in [2.24, 2.45) is 0 Å². The van der Waals surface area contributed by atoms with Crippen LogP contribution >= 0.6 is 0 Å². The van der Waals surface area contributed by atoms with Crippen molar-refractivity contribution in [2.45, 2.75) is 25.8 Å². The molecular formula is C16H19N3O2. The molecule has 5 nitrogen and oxygen atoms in total. The van der Waals surface area contributed by atoms with E-state index >= 15 is 0 Å². The first-order valence-corrected chi connectivity index (χ1v) is 7.05. The Hall–Kier alpha value is -2.48. The fraction of sp³-hybridized carbons (Fsp3) is 0.375. The molecule has 1 aliphatic carbocycles. The van der Waals surface area contributed by atoms with Crippen molar-refractivity contribution < 1.29 is 9.53 Å². The molecule has 2 amide bonds. The molecule has 1 aromatic carbocycles. The number of carbonyl (C=O) groups excluding carboxylic acids is 1. The predicted octanol–water partition coefficient (Wildman–Crippen LogP) is 3.14. The van der Waals surface area contributed by atoms with Gasteiger partial charge in [0.15, 0.2) is 0 Å². The predicted molar refractivity (Wildman–Crippen MR) is 81.3 cm³/mol. The number of hydrogen-bond acceptors (Lipinski definition) is 3. The van der Waals surface area contributed by atoms with Crippen molar-refractivity contribution in [3.8, 4) is 11.8 Å². The molecule has 0 unspecified atom stereocenters. The fourth-order valence-electron chi connectivity index (χ4n) is 2.09. The third-order valence-electron chi connectivity index (χ3n) is 3.22. The van der Waals surface area contributed by atoms with Gasteiger partial charge < -0.3 is 15.0 Å². The molecule has 0 spiro atoms. The number of carbonyl (C=O) groups is 1. The van der Waals surface area contributed by atoms with Gasteiger partial charge in [-0.2, -0.15) is 5.26 Å². The van der Waals surface area contributed by atoms with Crippen LogP contribution in [0.2, 0.25) is 0 Å². The van der Waals surface area contributed by atoms with Crippen LogP contribution in [0.4, 0.5) is 10.5 Å². The van der Waals surface area contributed by atoms with Gasteiger partial charge in [0.25, 0.3) is 0 Å². The van der Waals surface area contributed by atoms with Gasteiger partial charge in [-0.1, -0.05) is 6.08 Å². The van der Waals surface area contributed by atoms with Gasteiger partial charge in [-0.25, -0.2) is 4.79 Å². The van der Waals surface area contributed by atoms with E-state index in [0.29, 0.717) is 30.2 Å². The smallest absolute Gasteiger partial charge is 0.322 e. The van der Waals surface area contributed by atoms with Gasteiger partial charge in [-0.3, -0.25) is 0 Å². The summed E-state index contributed by atoms with van der Waals surface area (Å²) in [5.74, 6) is 0.569. The second-order valence-corrected chi connectivity index (χ2v) is 4.86. The van der Waals surface area contributed by atoms with Crippen LogP contribution in [0.5, 0.6) is 5.75 Å². The summed E-state index contributed by atoms with van der Waals surface area (Å²) in [5.41, 5.74) is 1.01. The molecule has 21 heavy (non-hydrogen) atoms. The Labute approximate surface area is 124 Å². The van der Waals surface area contributed by atoms with Crippen molar-refractivity contribution in [3.05, 3.63) is 36.4 Å². The molecule has 1 N–H and O–H groups in total. The number of benzene rings is 1. The molecule has 1 fully saturated rings. The molecule has 2 rings (SSSR count). The molecule has 0 bridgehead atoms. The summed E-state index contributed by atoms with van der Waals surface area (Å²) in [6, 6.07) is 7.16. The van der Waals surface area contributed by atoms with Crippen LogP contribution in [-0.2, 0) is 0 Å². The van der Waals surface area contributed by atoms with Gasteiger partial charge >= 0.3 is 6.03 Å². The summed E-state index contributed by atoms with van der Waals surface area (Å²) in [6.07, 6.45) is 3.77. The molecule has 0 aliphatic heterocycles. The maximum atomic E-state index is 12.4. The van der Waals surface area contributed by atoms with E-state index < -0.39 is 0 Å². The number of nitrogens with zero attached hydrogens (tertiary/aromatic N) is 2. The summed E-state index contributed by atoms with van der Waals surface area (Å²) in [4.78, 5) is 14.1. The van der Waals surface area contributed by atoms with Crippen LogP contribution in [0.25, 0.3) is 0 Å². The Morgan fingerprint density at radius 2 is 2.38 bits per heavy atom. The van der Waals surface area contributed by atoms with E-state index in [2.05, 4.69) is 18.0 Å². The first kappa shape index (κ1) is 14.9. The minimum absolute atomic E-state index is 0.187. The minimum atomic E-state index is -0.187. The third kappa shape index (κ3) is 3.76. The standard InChI is InChI=1S/C16H19N3O2/c1-3-9-19(13-6-7-13)16(20)18-14-10-12(11-17)5-8-15(14)21-4-2/h3,5,8,10,13H,1,4,6-7,9H2,2H3,(H,18,20). The molecule has 1 aliphatic rings. The summed E-state index contributed by atoms with van der Waals surface area (Å²) < 4.78 is 5.49. The number of nitriles is 1. The summed E-state index contributed by atoms with van der Waals surface area (Å²) in [5, 5.41) is 11.8. The molecule has 110 valence electrons.